The number of hydrogen-bond donors (Lipinski definition) is 1. The zero-order valence-corrected chi connectivity index (χ0v) is 1.84. The van der Waals surface area contributed by atoms with Gasteiger partial charge in [0, 0.05) is 0 Å². The molecule has 0 spiro atoms. The Morgan fingerprint density at radius 2 is 1.80 bits per heavy atom. The molecule has 0 saturated heterocycles. The van der Waals surface area contributed by atoms with Gasteiger partial charge in [0.05, 0.1) is 0 Å². The first-order chi connectivity index (χ1) is 1.73. The van der Waals surface area contributed by atoms with E-state index in [1.165, 1.54) is 0 Å². The van der Waals surface area contributed by atoms with Gasteiger partial charge in [-0.25, -0.2) is 10.1 Å². The van der Waals surface area contributed by atoms with Gasteiger partial charge in [0.25, 0.3) is 0 Å². The number of nitrogens with zero attached hydrogens (tertiary/aromatic N) is 1. The van der Waals surface area contributed by atoms with Crippen molar-refractivity contribution in [2.45, 2.75) is 0 Å². The number of nitro groups is 1. The summed E-state index contributed by atoms with van der Waals surface area (Å²) in [6, 6.07) is 0. The zero-order valence-electron chi connectivity index (χ0n) is 1.84. The Hall–Kier alpha value is 0.200. The molecule has 0 heterocycles. The number of nitrogens with two attached hydrogens (primary N) is 1. The van der Waals surface area contributed by atoms with Crippen LogP contribution in [0.1, 0.15) is 0 Å². The predicted octanol–water partition coefficient (Wildman–Crippen LogP) is -1.51. The molecule has 0 radical (unpaired) electrons. The molecule has 0 bridgehead atoms. The molecule has 4 nitrogen and oxygen atoms in total. The minimum atomic E-state index is -1.00. The molecule has 2 N–H and O–H groups in total. The molecule has 5 heteroatoms. The molecule has 26 valence electrons. The first kappa shape index (κ1) is 8.96. The molecule has 0 aliphatic carbocycles. The number of hydrogen-bond acceptors (Lipinski definition) is 2. The molecular formula is H3N2NaO2. The van der Waals surface area contributed by atoms with E-state index in [9.17, 15) is 0 Å². The monoisotopic (exact) mass is 86.0 g/mol. The maximum atomic E-state index is 8.58. The van der Waals surface area contributed by atoms with Gasteiger partial charge in [0.2, 0.25) is 0 Å². The van der Waals surface area contributed by atoms with E-state index < -0.39 is 5.03 Å². The molecule has 0 saturated carbocycles. The zero-order chi connectivity index (χ0) is 3.58. The quantitative estimate of drug-likeness (QED) is 0.168. The average molecular weight is 86.0 g/mol. The van der Waals surface area contributed by atoms with Crippen molar-refractivity contribution in [1.82, 2.24) is 0 Å². The summed E-state index contributed by atoms with van der Waals surface area (Å²) >= 11 is 0. The summed E-state index contributed by atoms with van der Waals surface area (Å²) < 4.78 is 0. The SMILES string of the molecule is N[N+](=O)[O-].[NaH]. The van der Waals surface area contributed by atoms with Gasteiger partial charge in [-0.3, -0.25) is 0 Å². The Morgan fingerprint density at radius 3 is 1.80 bits per heavy atom. The second-order valence-electron chi connectivity index (χ2n) is 0.285. The first-order valence-corrected chi connectivity index (χ1v) is 0.623. The van der Waals surface area contributed by atoms with Crippen molar-refractivity contribution in [3.63, 3.8) is 0 Å². The van der Waals surface area contributed by atoms with Crippen LogP contribution in [0.2, 0.25) is 0 Å². The summed E-state index contributed by atoms with van der Waals surface area (Å²) in [6.45, 7) is 0. The topological polar surface area (TPSA) is 69.2 Å². The van der Waals surface area contributed by atoms with Crippen LogP contribution >= 0.6 is 0 Å². The van der Waals surface area contributed by atoms with Crippen molar-refractivity contribution in [1.29, 1.82) is 0 Å². The minimum absolute atomic E-state index is 0. The summed E-state index contributed by atoms with van der Waals surface area (Å²) in [5, 5.41) is 7.58. The molecule has 0 atom stereocenters. The van der Waals surface area contributed by atoms with E-state index >= 15 is 0 Å². The Bertz CT molecular complexity index is 30.6. The summed E-state index contributed by atoms with van der Waals surface area (Å²) in [4.78, 5) is 8.58. The number of hydrazine groups is 1. The standard InChI is InChI=1S/H2N2O2.Na.H/c1-2(3)4;;/h1H2;;. The van der Waals surface area contributed by atoms with Gasteiger partial charge >= 0.3 is 29.6 Å². The van der Waals surface area contributed by atoms with Crippen molar-refractivity contribution < 1.29 is 5.03 Å². The van der Waals surface area contributed by atoms with E-state index in [4.69, 9.17) is 10.1 Å². The van der Waals surface area contributed by atoms with Crippen LogP contribution in [0.15, 0.2) is 0 Å². The van der Waals surface area contributed by atoms with Gasteiger partial charge in [0.1, 0.15) is 0 Å². The Balaban J connectivity index is 0. The summed E-state index contributed by atoms with van der Waals surface area (Å²) in [5.41, 5.74) is 0. The molecule has 0 aromatic rings. The third-order valence-corrected chi connectivity index (χ3v) is 0. The van der Waals surface area contributed by atoms with Crippen molar-refractivity contribution in [3.05, 3.63) is 10.1 Å². The van der Waals surface area contributed by atoms with Gasteiger partial charge in [-0.2, -0.15) is 5.84 Å². The molecule has 0 aromatic heterocycles. The second-order valence-corrected chi connectivity index (χ2v) is 0.285. The molecule has 5 heavy (non-hydrogen) atoms. The summed E-state index contributed by atoms with van der Waals surface area (Å²) in [7, 11) is 0. The van der Waals surface area contributed by atoms with Crippen LogP contribution in [-0.4, -0.2) is 34.6 Å². The van der Waals surface area contributed by atoms with Gasteiger partial charge < -0.3 is 0 Å². The Kier molecular flexibility index (Phi) is 7.52. The normalized spacial score (nSPS) is 4.80. The van der Waals surface area contributed by atoms with Crippen LogP contribution in [-0.2, 0) is 0 Å². The van der Waals surface area contributed by atoms with Crippen LogP contribution in [0, 0.1) is 10.1 Å². The third kappa shape index (κ3) is 508. The molecule has 0 amide bonds. The van der Waals surface area contributed by atoms with Gasteiger partial charge in [0.15, 0.2) is 5.03 Å². The number of rotatable bonds is 0. The van der Waals surface area contributed by atoms with Crippen LogP contribution in [0.3, 0.4) is 0 Å². The fourth-order valence-electron chi connectivity index (χ4n) is 0. The molecule has 0 unspecified atom stereocenters. The predicted molar refractivity (Wildman–Crippen MR) is 18.3 cm³/mol. The van der Waals surface area contributed by atoms with Gasteiger partial charge in [-0.15, -0.1) is 0 Å². The van der Waals surface area contributed by atoms with Crippen LogP contribution in [0.25, 0.3) is 0 Å². The van der Waals surface area contributed by atoms with Crippen molar-refractivity contribution >= 4 is 29.6 Å². The van der Waals surface area contributed by atoms with Gasteiger partial charge in [-0.1, -0.05) is 0 Å². The Morgan fingerprint density at radius 1 is 1.80 bits per heavy atom. The van der Waals surface area contributed by atoms with Crippen LogP contribution in [0.4, 0.5) is 0 Å². The van der Waals surface area contributed by atoms with E-state index in [1.807, 2.05) is 0 Å². The molecule has 0 rings (SSSR count). The van der Waals surface area contributed by atoms with Crippen LogP contribution in [0.5, 0.6) is 0 Å². The second kappa shape index (κ2) is 4.20. The van der Waals surface area contributed by atoms with E-state index in [-0.39, 0.29) is 29.6 Å². The molecule has 0 fully saturated rings. The van der Waals surface area contributed by atoms with E-state index in [0.29, 0.717) is 0 Å². The fraction of sp³-hybridized carbons (Fsp3) is 0. The van der Waals surface area contributed by atoms with E-state index in [1.54, 1.807) is 0 Å². The molecular weight excluding hydrogens is 83.0 g/mol. The van der Waals surface area contributed by atoms with Gasteiger partial charge in [-0.05, 0) is 0 Å². The Labute approximate surface area is 50.8 Å². The fourth-order valence-corrected chi connectivity index (χ4v) is 0. The summed E-state index contributed by atoms with van der Waals surface area (Å²) in [5.74, 6) is 3.83. The van der Waals surface area contributed by atoms with Crippen molar-refractivity contribution in [2.24, 2.45) is 5.84 Å². The molecule has 0 aliphatic heterocycles. The third-order valence-electron chi connectivity index (χ3n) is 0. The molecule has 0 aromatic carbocycles. The maximum absolute atomic E-state index is 8.58. The van der Waals surface area contributed by atoms with Crippen molar-refractivity contribution in [3.8, 4) is 0 Å². The van der Waals surface area contributed by atoms with E-state index in [0.717, 1.165) is 0 Å². The van der Waals surface area contributed by atoms with E-state index in [2.05, 4.69) is 5.84 Å². The van der Waals surface area contributed by atoms with Crippen LogP contribution < -0.4 is 5.84 Å². The average Bonchev–Trinajstić information content (AvgIpc) is 0.811. The summed E-state index contributed by atoms with van der Waals surface area (Å²) in [6.07, 6.45) is 0. The molecule has 0 aliphatic rings. The van der Waals surface area contributed by atoms with Crippen molar-refractivity contribution in [2.75, 3.05) is 0 Å². The first-order valence-electron chi connectivity index (χ1n) is 0.623.